The predicted octanol–water partition coefficient (Wildman–Crippen LogP) is 4.11. The van der Waals surface area contributed by atoms with Crippen LogP contribution in [0.1, 0.15) is 63.9 Å². The summed E-state index contributed by atoms with van der Waals surface area (Å²) in [6.07, 6.45) is 5.13. The zero-order valence-corrected chi connectivity index (χ0v) is 16.7. The Morgan fingerprint density at radius 2 is 1.93 bits per heavy atom. The van der Waals surface area contributed by atoms with Crippen LogP contribution < -0.4 is 0 Å². The second-order valence-electron chi connectivity index (χ2n) is 8.15. The molecule has 0 spiro atoms. The Bertz CT molecular complexity index is 587. The van der Waals surface area contributed by atoms with Crippen molar-refractivity contribution in [3.05, 3.63) is 35.9 Å². The third-order valence-electron chi connectivity index (χ3n) is 6.48. The van der Waals surface area contributed by atoms with E-state index in [9.17, 15) is 9.90 Å². The van der Waals surface area contributed by atoms with E-state index in [1.165, 1.54) is 5.56 Å². The van der Waals surface area contributed by atoms with Gasteiger partial charge in [-0.25, -0.2) is 0 Å². The van der Waals surface area contributed by atoms with E-state index in [4.69, 9.17) is 9.47 Å². The lowest BCUT2D eigenvalue weighted by molar-refractivity contribution is -0.121. The number of fused-ring (bicyclic) bond motifs is 2. The number of ether oxygens (including phenoxy) is 2. The number of aliphatic hydroxyl groups is 1. The summed E-state index contributed by atoms with van der Waals surface area (Å²) in [6, 6.07) is 10.2. The summed E-state index contributed by atoms with van der Waals surface area (Å²) >= 11 is 0. The molecule has 2 bridgehead atoms. The van der Waals surface area contributed by atoms with Crippen LogP contribution in [0.2, 0.25) is 0 Å². The molecule has 150 valence electrons. The molecule has 0 radical (unpaired) electrons. The number of rotatable bonds is 11. The van der Waals surface area contributed by atoms with Crippen LogP contribution in [0.5, 0.6) is 0 Å². The van der Waals surface area contributed by atoms with Crippen LogP contribution in [-0.2, 0) is 14.3 Å². The predicted molar refractivity (Wildman–Crippen MR) is 106 cm³/mol. The fraction of sp³-hybridized carbons (Fsp3) is 0.696. The number of hydrogen-bond acceptors (Lipinski definition) is 4. The normalized spacial score (nSPS) is 29.0. The minimum Gasteiger partial charge on any atom is -0.393 e. The molecule has 3 rings (SSSR count). The second-order valence-corrected chi connectivity index (χ2v) is 8.15. The largest absolute Gasteiger partial charge is 0.393 e. The van der Waals surface area contributed by atoms with Crippen LogP contribution in [-0.4, -0.2) is 42.4 Å². The van der Waals surface area contributed by atoms with Crippen LogP contribution in [0.3, 0.4) is 0 Å². The Labute approximate surface area is 163 Å². The van der Waals surface area contributed by atoms with Gasteiger partial charge < -0.3 is 14.6 Å². The van der Waals surface area contributed by atoms with Gasteiger partial charge in [0.1, 0.15) is 5.78 Å². The van der Waals surface area contributed by atoms with E-state index < -0.39 is 0 Å². The topological polar surface area (TPSA) is 55.8 Å². The summed E-state index contributed by atoms with van der Waals surface area (Å²) in [7, 11) is 0. The van der Waals surface area contributed by atoms with Gasteiger partial charge in [-0.2, -0.15) is 0 Å². The van der Waals surface area contributed by atoms with Crippen LogP contribution in [0.25, 0.3) is 0 Å². The van der Waals surface area contributed by atoms with Crippen molar-refractivity contribution in [3.63, 3.8) is 0 Å². The van der Waals surface area contributed by atoms with E-state index in [-0.39, 0.29) is 30.0 Å². The quantitative estimate of drug-likeness (QED) is 0.592. The highest BCUT2D eigenvalue weighted by atomic mass is 16.5. The molecular formula is C23H34O4. The van der Waals surface area contributed by atoms with Crippen molar-refractivity contribution in [3.8, 4) is 0 Å². The number of carbonyl (C=O) groups excluding carboxylic acids is 1. The summed E-state index contributed by atoms with van der Waals surface area (Å²) in [5, 5.41) is 10.7. The first-order chi connectivity index (χ1) is 13.1. The molecule has 2 aliphatic rings. The van der Waals surface area contributed by atoms with Crippen molar-refractivity contribution < 1.29 is 19.4 Å². The summed E-state index contributed by atoms with van der Waals surface area (Å²) in [5.41, 5.74) is 1.18. The summed E-state index contributed by atoms with van der Waals surface area (Å²) in [6.45, 7) is 5.22. The molecule has 0 saturated carbocycles. The van der Waals surface area contributed by atoms with Gasteiger partial charge in [0.2, 0.25) is 0 Å². The van der Waals surface area contributed by atoms with Gasteiger partial charge in [0.25, 0.3) is 0 Å². The van der Waals surface area contributed by atoms with Crippen LogP contribution >= 0.6 is 0 Å². The summed E-state index contributed by atoms with van der Waals surface area (Å²) in [4.78, 5) is 12.3. The Balaban J connectivity index is 1.52. The first kappa shape index (κ1) is 20.5. The van der Waals surface area contributed by atoms with E-state index in [2.05, 4.69) is 19.1 Å². The molecule has 4 heteroatoms. The summed E-state index contributed by atoms with van der Waals surface area (Å²) < 4.78 is 11.5. The average molecular weight is 375 g/mol. The number of Topliss-reactive ketones (excluding diaryl/α,β-unsaturated/α-hetero) is 1. The molecule has 2 aliphatic heterocycles. The van der Waals surface area contributed by atoms with E-state index >= 15 is 0 Å². The minimum atomic E-state index is -0.360. The van der Waals surface area contributed by atoms with Gasteiger partial charge in [-0.15, -0.1) is 0 Å². The number of hydrogen-bond donors (Lipinski definition) is 1. The van der Waals surface area contributed by atoms with Crippen molar-refractivity contribution in [1.29, 1.82) is 0 Å². The van der Waals surface area contributed by atoms with Crippen molar-refractivity contribution in [2.75, 3.05) is 13.2 Å². The number of carbonyl (C=O) groups is 1. The molecule has 2 fully saturated rings. The lowest BCUT2D eigenvalue weighted by Gasteiger charge is -2.29. The van der Waals surface area contributed by atoms with Gasteiger partial charge in [0.15, 0.2) is 0 Å². The first-order valence-corrected chi connectivity index (χ1v) is 10.6. The van der Waals surface area contributed by atoms with Gasteiger partial charge in [0.05, 0.1) is 24.9 Å². The molecule has 0 amide bonds. The molecular weight excluding hydrogens is 340 g/mol. The van der Waals surface area contributed by atoms with Crippen molar-refractivity contribution in [2.45, 2.75) is 76.6 Å². The molecule has 6 atom stereocenters. The van der Waals surface area contributed by atoms with Crippen molar-refractivity contribution >= 4 is 5.78 Å². The Kier molecular flexibility index (Phi) is 7.45. The first-order valence-electron chi connectivity index (χ1n) is 10.6. The van der Waals surface area contributed by atoms with Gasteiger partial charge in [0, 0.05) is 25.4 Å². The maximum Gasteiger partial charge on any atom is 0.135 e. The van der Waals surface area contributed by atoms with Crippen LogP contribution in [0.15, 0.2) is 30.3 Å². The fourth-order valence-corrected chi connectivity index (χ4v) is 4.84. The highest BCUT2D eigenvalue weighted by molar-refractivity contribution is 5.78. The van der Waals surface area contributed by atoms with Crippen LogP contribution in [0.4, 0.5) is 0 Å². The van der Waals surface area contributed by atoms with E-state index in [0.29, 0.717) is 37.9 Å². The number of aliphatic hydroxyl groups excluding tert-OH is 1. The standard InChI is InChI=1S/C23H34O4/c1-3-26-14-13-18(24)15-20-19(22-11-12-23(20)27-22)9-10-21(25)16(2)17-7-5-4-6-8-17/h4-8,16,19-23,25H,3,9-15H2,1-2H3/t16?,19-,20+,21?,22-,23?/m1/s1. The van der Waals surface area contributed by atoms with Crippen molar-refractivity contribution in [1.82, 2.24) is 0 Å². The fourth-order valence-electron chi connectivity index (χ4n) is 4.84. The highest BCUT2D eigenvalue weighted by Gasteiger charge is 2.48. The zero-order chi connectivity index (χ0) is 19.2. The minimum absolute atomic E-state index is 0.122. The summed E-state index contributed by atoms with van der Waals surface area (Å²) in [5.74, 6) is 1.12. The average Bonchev–Trinajstić information content (AvgIpc) is 3.28. The van der Waals surface area contributed by atoms with Crippen LogP contribution in [0, 0.1) is 11.8 Å². The molecule has 0 aliphatic carbocycles. The Hall–Kier alpha value is -1.23. The lowest BCUT2D eigenvalue weighted by Crippen LogP contribution is -2.30. The molecule has 2 heterocycles. The zero-order valence-electron chi connectivity index (χ0n) is 16.7. The third-order valence-corrected chi connectivity index (χ3v) is 6.48. The van der Waals surface area contributed by atoms with Gasteiger partial charge >= 0.3 is 0 Å². The Morgan fingerprint density at radius 1 is 1.22 bits per heavy atom. The van der Waals surface area contributed by atoms with E-state index in [1.807, 2.05) is 25.1 Å². The second kappa shape index (κ2) is 9.81. The molecule has 2 saturated heterocycles. The van der Waals surface area contributed by atoms with E-state index in [1.54, 1.807) is 0 Å². The molecule has 1 aromatic rings. The van der Waals surface area contributed by atoms with Gasteiger partial charge in [-0.05, 0) is 50.0 Å². The molecule has 27 heavy (non-hydrogen) atoms. The molecule has 4 nitrogen and oxygen atoms in total. The number of benzene rings is 1. The maximum absolute atomic E-state index is 12.3. The van der Waals surface area contributed by atoms with E-state index in [0.717, 1.165) is 25.7 Å². The Morgan fingerprint density at radius 3 is 2.63 bits per heavy atom. The molecule has 3 unspecified atom stereocenters. The maximum atomic E-state index is 12.3. The van der Waals surface area contributed by atoms with Gasteiger partial charge in [-0.3, -0.25) is 4.79 Å². The molecule has 1 aromatic carbocycles. The van der Waals surface area contributed by atoms with Gasteiger partial charge in [-0.1, -0.05) is 37.3 Å². The smallest absolute Gasteiger partial charge is 0.135 e. The van der Waals surface area contributed by atoms with Crippen molar-refractivity contribution in [2.24, 2.45) is 11.8 Å². The monoisotopic (exact) mass is 374 g/mol. The molecule has 1 N–H and O–H groups in total. The SMILES string of the molecule is CCOCCC(=O)C[C@@H]1C2CC[C@@H](O2)[C@@H]1CCC(O)C(C)c1ccccc1. The lowest BCUT2D eigenvalue weighted by atomic mass is 9.73. The highest BCUT2D eigenvalue weighted by Crippen LogP contribution is 2.47. The number of ketones is 1. The molecule has 0 aromatic heterocycles. The third kappa shape index (κ3) is 5.18.